The Kier molecular flexibility index (Phi) is 6.25. The quantitative estimate of drug-likeness (QED) is 0.437. The molecule has 0 aliphatic carbocycles. The third-order valence-corrected chi connectivity index (χ3v) is 5.77. The van der Waals surface area contributed by atoms with Gasteiger partial charge in [0.2, 0.25) is 0 Å². The molecule has 5 rings (SSSR count). The Morgan fingerprint density at radius 1 is 0.969 bits per heavy atom. The van der Waals surface area contributed by atoms with Crippen LogP contribution in [0.1, 0.15) is 29.8 Å². The second-order valence-corrected chi connectivity index (χ2v) is 8.15. The Morgan fingerprint density at radius 2 is 1.84 bits per heavy atom. The van der Waals surface area contributed by atoms with E-state index >= 15 is 0 Å². The van der Waals surface area contributed by atoms with Crippen LogP contribution in [0.25, 0.3) is 5.65 Å². The summed E-state index contributed by atoms with van der Waals surface area (Å²) < 4.78 is 7.74. The molecule has 1 N–H and O–H groups in total. The molecular weight excluding hydrogens is 400 g/mol. The first-order valence-electron chi connectivity index (χ1n) is 11.2. The van der Waals surface area contributed by atoms with Crippen molar-refractivity contribution in [2.24, 2.45) is 0 Å². The van der Waals surface area contributed by atoms with Gasteiger partial charge < -0.3 is 10.1 Å². The number of ether oxygens (including phenoxy) is 1. The van der Waals surface area contributed by atoms with Gasteiger partial charge in [-0.3, -0.25) is 9.88 Å². The van der Waals surface area contributed by atoms with E-state index in [0.29, 0.717) is 13.0 Å². The minimum atomic E-state index is 0.678. The zero-order chi connectivity index (χ0) is 21.6. The van der Waals surface area contributed by atoms with E-state index in [-0.39, 0.29) is 0 Å². The largest absolute Gasteiger partial charge is 0.492 e. The molecule has 1 aliphatic heterocycles. The Hall–Kier alpha value is -3.45. The van der Waals surface area contributed by atoms with Gasteiger partial charge >= 0.3 is 0 Å². The molecule has 7 heteroatoms. The van der Waals surface area contributed by atoms with Crippen molar-refractivity contribution in [2.75, 3.05) is 31.6 Å². The van der Waals surface area contributed by atoms with Crippen LogP contribution >= 0.6 is 0 Å². The Labute approximate surface area is 188 Å². The summed E-state index contributed by atoms with van der Waals surface area (Å²) in [5.74, 6) is 1.71. The fourth-order valence-electron chi connectivity index (χ4n) is 4.05. The minimum absolute atomic E-state index is 0.678. The van der Waals surface area contributed by atoms with Crippen molar-refractivity contribution < 1.29 is 4.74 Å². The average Bonchev–Trinajstić information content (AvgIpc) is 3.49. The zero-order valence-electron chi connectivity index (χ0n) is 18.2. The van der Waals surface area contributed by atoms with Crippen molar-refractivity contribution in [3.63, 3.8) is 0 Å². The van der Waals surface area contributed by atoms with Crippen molar-refractivity contribution >= 4 is 11.3 Å². The van der Waals surface area contributed by atoms with E-state index in [1.54, 1.807) is 6.20 Å². The fraction of sp³-hybridized carbons (Fsp3) is 0.320. The number of benzene rings is 1. The van der Waals surface area contributed by atoms with E-state index in [2.05, 4.69) is 38.5 Å². The molecule has 1 fully saturated rings. The molecule has 0 bridgehead atoms. The molecule has 7 nitrogen and oxygen atoms in total. The van der Waals surface area contributed by atoms with Gasteiger partial charge in [-0.15, -0.1) is 0 Å². The molecule has 1 saturated heterocycles. The van der Waals surface area contributed by atoms with Crippen molar-refractivity contribution in [2.45, 2.75) is 25.8 Å². The molecule has 4 aromatic rings. The number of pyridine rings is 2. The molecule has 32 heavy (non-hydrogen) atoms. The SMILES string of the molecule is c1cncc(CNc2cccn3nc(Cc4ccc(OCCN5CCCC5)cc4)nc23)c1. The predicted molar refractivity (Wildman–Crippen MR) is 125 cm³/mol. The Bertz CT molecular complexity index is 1140. The molecule has 164 valence electrons. The van der Waals surface area contributed by atoms with Crippen molar-refractivity contribution in [3.8, 4) is 5.75 Å². The molecule has 0 saturated carbocycles. The lowest BCUT2D eigenvalue weighted by Gasteiger charge is -2.14. The van der Waals surface area contributed by atoms with E-state index < -0.39 is 0 Å². The normalized spacial score (nSPS) is 14.1. The summed E-state index contributed by atoms with van der Waals surface area (Å²) in [6, 6.07) is 16.3. The van der Waals surface area contributed by atoms with E-state index in [4.69, 9.17) is 9.72 Å². The predicted octanol–water partition coefficient (Wildman–Crippen LogP) is 3.80. The molecule has 4 heterocycles. The number of hydrogen-bond acceptors (Lipinski definition) is 6. The summed E-state index contributed by atoms with van der Waals surface area (Å²) in [4.78, 5) is 11.4. The topological polar surface area (TPSA) is 67.6 Å². The van der Waals surface area contributed by atoms with Gasteiger partial charge in [0.25, 0.3) is 0 Å². The highest BCUT2D eigenvalue weighted by atomic mass is 16.5. The summed E-state index contributed by atoms with van der Waals surface area (Å²) in [6.07, 6.45) is 8.88. The third-order valence-electron chi connectivity index (χ3n) is 5.77. The molecule has 0 radical (unpaired) electrons. The number of nitrogens with one attached hydrogen (secondary N) is 1. The van der Waals surface area contributed by atoms with Crippen molar-refractivity contribution in [1.29, 1.82) is 0 Å². The lowest BCUT2D eigenvalue weighted by Crippen LogP contribution is -2.25. The lowest BCUT2D eigenvalue weighted by molar-refractivity contribution is 0.238. The van der Waals surface area contributed by atoms with Gasteiger partial charge in [-0.05, 0) is 67.4 Å². The van der Waals surface area contributed by atoms with Crippen LogP contribution in [-0.4, -0.2) is 50.7 Å². The number of anilines is 1. The van der Waals surface area contributed by atoms with E-state index in [0.717, 1.165) is 47.2 Å². The molecule has 0 atom stereocenters. The second-order valence-electron chi connectivity index (χ2n) is 8.15. The molecule has 0 spiro atoms. The van der Waals surface area contributed by atoms with Gasteiger partial charge in [0.05, 0.1) is 5.69 Å². The monoisotopic (exact) mass is 428 g/mol. The first-order valence-corrected chi connectivity index (χ1v) is 11.2. The molecular formula is C25H28N6O. The highest BCUT2D eigenvalue weighted by Gasteiger charge is 2.11. The van der Waals surface area contributed by atoms with Crippen LogP contribution in [0.3, 0.4) is 0 Å². The smallest absolute Gasteiger partial charge is 0.178 e. The summed E-state index contributed by atoms with van der Waals surface area (Å²) in [7, 11) is 0. The van der Waals surface area contributed by atoms with Crippen molar-refractivity contribution in [1.82, 2.24) is 24.5 Å². The highest BCUT2D eigenvalue weighted by molar-refractivity contribution is 5.67. The van der Waals surface area contributed by atoms with E-state index in [1.165, 1.54) is 25.9 Å². The second kappa shape index (κ2) is 9.78. The van der Waals surface area contributed by atoms with Crippen LogP contribution in [-0.2, 0) is 13.0 Å². The van der Waals surface area contributed by atoms with Gasteiger partial charge in [0, 0.05) is 38.1 Å². The van der Waals surface area contributed by atoms with Crippen molar-refractivity contribution in [3.05, 3.63) is 84.1 Å². The molecule has 0 unspecified atom stereocenters. The van der Waals surface area contributed by atoms with Crippen LogP contribution in [0.5, 0.6) is 5.75 Å². The van der Waals surface area contributed by atoms with Crippen LogP contribution in [0.4, 0.5) is 5.69 Å². The maximum atomic E-state index is 5.91. The minimum Gasteiger partial charge on any atom is -0.492 e. The molecule has 1 aromatic carbocycles. The Morgan fingerprint density at radius 3 is 2.66 bits per heavy atom. The average molecular weight is 429 g/mol. The highest BCUT2D eigenvalue weighted by Crippen LogP contribution is 2.19. The summed E-state index contributed by atoms with van der Waals surface area (Å²) in [6.45, 7) is 4.84. The van der Waals surface area contributed by atoms with Gasteiger partial charge in [-0.2, -0.15) is 5.10 Å². The standard InChI is InChI=1S/C25H28N6O/c1-2-13-30(12-1)15-16-32-22-9-7-20(8-10-22)17-24-28-25-23(6-4-14-31(25)29-24)27-19-21-5-3-11-26-18-21/h3-11,14,18,27H,1-2,12-13,15-17,19H2. The number of nitrogens with zero attached hydrogens (tertiary/aromatic N) is 5. The van der Waals surface area contributed by atoms with Gasteiger partial charge in [-0.1, -0.05) is 18.2 Å². The summed E-state index contributed by atoms with van der Waals surface area (Å²) >= 11 is 0. The summed E-state index contributed by atoms with van der Waals surface area (Å²) in [5, 5.41) is 8.10. The number of aromatic nitrogens is 4. The first kappa shape index (κ1) is 20.5. The van der Waals surface area contributed by atoms with Crippen LogP contribution in [0.15, 0.2) is 67.1 Å². The molecule has 3 aromatic heterocycles. The molecule has 1 aliphatic rings. The Balaban J connectivity index is 1.20. The van der Waals surface area contributed by atoms with Gasteiger partial charge in [-0.25, -0.2) is 9.50 Å². The number of hydrogen-bond donors (Lipinski definition) is 1. The van der Waals surface area contributed by atoms with Gasteiger partial charge in [0.1, 0.15) is 12.4 Å². The fourth-order valence-corrected chi connectivity index (χ4v) is 4.05. The summed E-state index contributed by atoms with van der Waals surface area (Å²) in [5.41, 5.74) is 4.07. The lowest BCUT2D eigenvalue weighted by atomic mass is 10.1. The third kappa shape index (κ3) is 5.06. The number of likely N-dealkylation sites (tertiary alicyclic amines) is 1. The van der Waals surface area contributed by atoms with Crippen LogP contribution < -0.4 is 10.1 Å². The van der Waals surface area contributed by atoms with E-state index in [9.17, 15) is 0 Å². The molecule has 0 amide bonds. The maximum absolute atomic E-state index is 5.91. The number of fused-ring (bicyclic) bond motifs is 1. The van der Waals surface area contributed by atoms with Gasteiger partial charge in [0.15, 0.2) is 11.5 Å². The number of rotatable bonds is 9. The van der Waals surface area contributed by atoms with Crippen LogP contribution in [0, 0.1) is 0 Å². The van der Waals surface area contributed by atoms with E-state index in [1.807, 2.05) is 47.2 Å². The first-order chi connectivity index (χ1) is 15.8. The zero-order valence-corrected chi connectivity index (χ0v) is 18.2. The van der Waals surface area contributed by atoms with Crippen LogP contribution in [0.2, 0.25) is 0 Å². The maximum Gasteiger partial charge on any atom is 0.178 e.